The minimum absolute atomic E-state index is 0.437. The summed E-state index contributed by atoms with van der Waals surface area (Å²) in [5, 5.41) is 0. The van der Waals surface area contributed by atoms with Gasteiger partial charge >= 0.3 is 0 Å². The Morgan fingerprint density at radius 1 is 1.38 bits per heavy atom. The van der Waals surface area contributed by atoms with Gasteiger partial charge in [-0.25, -0.2) is 0 Å². The molecule has 0 aromatic heterocycles. The maximum Gasteiger partial charge on any atom is 0.136 e. The third-order valence-corrected chi connectivity index (χ3v) is 5.25. The van der Waals surface area contributed by atoms with Crippen molar-refractivity contribution >= 4 is 5.78 Å². The predicted molar refractivity (Wildman–Crippen MR) is 51.2 cm³/mol. The highest BCUT2D eigenvalue weighted by atomic mass is 16.1. The summed E-state index contributed by atoms with van der Waals surface area (Å²) in [6.07, 6.45) is 4.83. The second-order valence-corrected chi connectivity index (χ2v) is 5.69. The topological polar surface area (TPSA) is 17.1 Å². The summed E-state index contributed by atoms with van der Waals surface area (Å²) in [6, 6.07) is 0. The molecule has 72 valence electrons. The van der Waals surface area contributed by atoms with E-state index in [0.717, 1.165) is 24.2 Å². The molecule has 0 radical (unpaired) electrons. The van der Waals surface area contributed by atoms with E-state index in [1.165, 1.54) is 19.3 Å². The van der Waals surface area contributed by atoms with Crippen molar-refractivity contribution in [2.45, 2.75) is 39.5 Å². The van der Waals surface area contributed by atoms with Crippen LogP contribution in [0.2, 0.25) is 0 Å². The van der Waals surface area contributed by atoms with Gasteiger partial charge in [-0.2, -0.15) is 0 Å². The molecule has 1 heteroatoms. The van der Waals surface area contributed by atoms with Gasteiger partial charge in [0.2, 0.25) is 0 Å². The lowest BCUT2D eigenvalue weighted by Gasteiger charge is -2.54. The first-order chi connectivity index (χ1) is 6.14. The number of carbonyl (C=O) groups is 1. The second-order valence-electron chi connectivity index (χ2n) is 5.69. The fraction of sp³-hybridized carbons (Fsp3) is 0.917. The number of Topliss-reactive ketones (excluding diaryl/α,β-unsaturated/α-hetero) is 1. The minimum atomic E-state index is 0.437. The van der Waals surface area contributed by atoms with E-state index in [1.54, 1.807) is 0 Å². The molecule has 0 N–H and O–H groups in total. The van der Waals surface area contributed by atoms with Crippen LogP contribution in [0.1, 0.15) is 39.5 Å². The van der Waals surface area contributed by atoms with E-state index in [9.17, 15) is 4.79 Å². The van der Waals surface area contributed by atoms with Crippen LogP contribution in [-0.2, 0) is 4.79 Å². The smallest absolute Gasteiger partial charge is 0.136 e. The fourth-order valence-corrected chi connectivity index (χ4v) is 4.58. The summed E-state index contributed by atoms with van der Waals surface area (Å²) >= 11 is 0. The second kappa shape index (κ2) is 2.18. The van der Waals surface area contributed by atoms with Gasteiger partial charge in [-0.3, -0.25) is 4.79 Å². The lowest BCUT2D eigenvalue weighted by atomic mass is 9.49. The Kier molecular flexibility index (Phi) is 1.35. The number of rotatable bonds is 0. The molecular weight excluding hydrogens is 160 g/mol. The van der Waals surface area contributed by atoms with E-state index >= 15 is 0 Å². The average molecular weight is 178 g/mol. The van der Waals surface area contributed by atoms with E-state index in [0.29, 0.717) is 17.1 Å². The van der Waals surface area contributed by atoms with E-state index in [2.05, 4.69) is 13.8 Å². The van der Waals surface area contributed by atoms with Crippen LogP contribution < -0.4 is 0 Å². The van der Waals surface area contributed by atoms with Gasteiger partial charge in [0.05, 0.1) is 0 Å². The normalized spacial score (nSPS) is 58.8. The Morgan fingerprint density at radius 3 is 2.92 bits per heavy atom. The van der Waals surface area contributed by atoms with Crippen molar-refractivity contribution in [3.8, 4) is 0 Å². The molecule has 5 atom stereocenters. The standard InChI is InChI=1S/C12H18O/c1-7-3-4-8-10(7)11-9(13)5-6-12(8,11)2/h7-8,10-11H,3-6H2,1-2H3. The fourth-order valence-electron chi connectivity index (χ4n) is 4.58. The van der Waals surface area contributed by atoms with Gasteiger partial charge in [-0.15, -0.1) is 0 Å². The molecule has 0 bridgehead atoms. The Hall–Kier alpha value is -0.330. The van der Waals surface area contributed by atoms with Crippen molar-refractivity contribution in [1.29, 1.82) is 0 Å². The monoisotopic (exact) mass is 178 g/mol. The van der Waals surface area contributed by atoms with Crippen LogP contribution in [0.3, 0.4) is 0 Å². The third-order valence-electron chi connectivity index (χ3n) is 5.25. The summed E-state index contributed by atoms with van der Waals surface area (Å²) in [6.45, 7) is 4.71. The summed E-state index contributed by atoms with van der Waals surface area (Å²) in [5.41, 5.74) is 0.437. The maximum atomic E-state index is 11.7. The lowest BCUT2D eigenvalue weighted by molar-refractivity contribution is -0.140. The van der Waals surface area contributed by atoms with Crippen molar-refractivity contribution in [3.63, 3.8) is 0 Å². The summed E-state index contributed by atoms with van der Waals surface area (Å²) < 4.78 is 0. The van der Waals surface area contributed by atoms with Crippen molar-refractivity contribution < 1.29 is 4.79 Å². The zero-order valence-electron chi connectivity index (χ0n) is 8.55. The minimum Gasteiger partial charge on any atom is -0.299 e. The molecule has 3 fully saturated rings. The van der Waals surface area contributed by atoms with Crippen molar-refractivity contribution in [2.75, 3.05) is 0 Å². The van der Waals surface area contributed by atoms with Crippen LogP contribution in [-0.4, -0.2) is 5.78 Å². The highest BCUT2D eigenvalue weighted by molar-refractivity contribution is 5.86. The first kappa shape index (κ1) is 8.02. The lowest BCUT2D eigenvalue weighted by Crippen LogP contribution is -2.53. The summed E-state index contributed by atoms with van der Waals surface area (Å²) in [5.74, 6) is 3.55. The third kappa shape index (κ3) is 0.730. The first-order valence-electron chi connectivity index (χ1n) is 5.67. The van der Waals surface area contributed by atoms with E-state index in [4.69, 9.17) is 0 Å². The quantitative estimate of drug-likeness (QED) is 0.557. The number of ketones is 1. The zero-order chi connectivity index (χ0) is 9.22. The van der Waals surface area contributed by atoms with Crippen LogP contribution in [0.4, 0.5) is 0 Å². The van der Waals surface area contributed by atoms with Crippen LogP contribution >= 0.6 is 0 Å². The molecule has 0 heterocycles. The average Bonchev–Trinajstić information content (AvgIpc) is 2.50. The van der Waals surface area contributed by atoms with E-state index in [-0.39, 0.29) is 0 Å². The molecule has 0 aliphatic heterocycles. The predicted octanol–water partition coefficient (Wildman–Crippen LogP) is 2.65. The van der Waals surface area contributed by atoms with E-state index < -0.39 is 0 Å². The van der Waals surface area contributed by atoms with Crippen molar-refractivity contribution in [2.24, 2.45) is 29.1 Å². The van der Waals surface area contributed by atoms with Gasteiger partial charge in [0, 0.05) is 12.3 Å². The molecule has 5 unspecified atom stereocenters. The molecule has 0 spiro atoms. The zero-order valence-corrected chi connectivity index (χ0v) is 8.55. The number of hydrogen-bond donors (Lipinski definition) is 0. The van der Waals surface area contributed by atoms with Crippen LogP contribution in [0, 0.1) is 29.1 Å². The molecule has 3 saturated carbocycles. The first-order valence-corrected chi connectivity index (χ1v) is 5.67. The molecule has 13 heavy (non-hydrogen) atoms. The Labute approximate surface area is 79.9 Å². The molecule has 3 rings (SSSR count). The van der Waals surface area contributed by atoms with Gasteiger partial charge in [0.25, 0.3) is 0 Å². The van der Waals surface area contributed by atoms with Gasteiger partial charge in [-0.1, -0.05) is 20.3 Å². The van der Waals surface area contributed by atoms with Gasteiger partial charge < -0.3 is 0 Å². The van der Waals surface area contributed by atoms with Gasteiger partial charge in [-0.05, 0) is 36.0 Å². The molecular formula is C12H18O. The SMILES string of the molecule is CC1CCC2C1C1C(=O)CCC21C. The molecule has 3 aliphatic carbocycles. The van der Waals surface area contributed by atoms with Gasteiger partial charge in [0.15, 0.2) is 0 Å². The number of fused-ring (bicyclic) bond motifs is 4. The molecule has 1 nitrogen and oxygen atoms in total. The van der Waals surface area contributed by atoms with Crippen molar-refractivity contribution in [1.82, 2.24) is 0 Å². The highest BCUT2D eigenvalue weighted by Gasteiger charge is 2.66. The van der Waals surface area contributed by atoms with E-state index in [1.807, 2.05) is 0 Å². The van der Waals surface area contributed by atoms with Crippen LogP contribution in [0.15, 0.2) is 0 Å². The summed E-state index contributed by atoms with van der Waals surface area (Å²) in [4.78, 5) is 11.7. The van der Waals surface area contributed by atoms with Crippen LogP contribution in [0.5, 0.6) is 0 Å². The molecule has 0 aromatic rings. The largest absolute Gasteiger partial charge is 0.299 e. The summed E-state index contributed by atoms with van der Waals surface area (Å²) in [7, 11) is 0. The number of carbonyl (C=O) groups excluding carboxylic acids is 1. The van der Waals surface area contributed by atoms with Crippen LogP contribution in [0.25, 0.3) is 0 Å². The maximum absolute atomic E-state index is 11.7. The molecule has 3 aliphatic rings. The molecule has 0 aromatic carbocycles. The molecule has 0 amide bonds. The Bertz CT molecular complexity index is 270. The highest BCUT2D eigenvalue weighted by Crippen LogP contribution is 2.69. The van der Waals surface area contributed by atoms with Gasteiger partial charge in [0.1, 0.15) is 5.78 Å². The van der Waals surface area contributed by atoms with Crippen molar-refractivity contribution in [3.05, 3.63) is 0 Å². The Balaban J connectivity index is 1.96. The molecule has 0 saturated heterocycles. The number of hydrogen-bond acceptors (Lipinski definition) is 1. The Morgan fingerprint density at radius 2 is 2.15 bits per heavy atom.